The highest BCUT2D eigenvalue weighted by molar-refractivity contribution is 5.27. The molecular formula is C15H23NO. The Labute approximate surface area is 104 Å². The summed E-state index contributed by atoms with van der Waals surface area (Å²) in [5.41, 5.74) is 2.27. The molecule has 0 spiro atoms. The quantitative estimate of drug-likeness (QED) is 0.864. The van der Waals surface area contributed by atoms with E-state index in [1.165, 1.54) is 24.9 Å². The Morgan fingerprint density at radius 1 is 1.41 bits per heavy atom. The van der Waals surface area contributed by atoms with Crippen molar-refractivity contribution in [1.29, 1.82) is 0 Å². The van der Waals surface area contributed by atoms with Gasteiger partial charge in [0.25, 0.3) is 0 Å². The van der Waals surface area contributed by atoms with E-state index in [0.29, 0.717) is 6.04 Å². The largest absolute Gasteiger partial charge is 0.388 e. The summed E-state index contributed by atoms with van der Waals surface area (Å²) in [5, 5.41) is 10.2. The van der Waals surface area contributed by atoms with E-state index in [4.69, 9.17) is 0 Å². The Morgan fingerprint density at radius 3 is 2.82 bits per heavy atom. The molecule has 0 amide bonds. The molecule has 2 rings (SSSR count). The van der Waals surface area contributed by atoms with Crippen LogP contribution in [0.5, 0.6) is 0 Å². The highest BCUT2D eigenvalue weighted by Crippen LogP contribution is 2.23. The predicted molar refractivity (Wildman–Crippen MR) is 71.0 cm³/mol. The highest BCUT2D eigenvalue weighted by atomic mass is 16.3. The number of hydrogen-bond acceptors (Lipinski definition) is 2. The SMILES string of the molecule is Cc1ccccc1C(O)CCN1CCCC1C. The fraction of sp³-hybridized carbons (Fsp3) is 0.600. The summed E-state index contributed by atoms with van der Waals surface area (Å²) < 4.78 is 0. The molecule has 1 aromatic rings. The third kappa shape index (κ3) is 3.08. The number of nitrogens with zero attached hydrogens (tertiary/aromatic N) is 1. The maximum Gasteiger partial charge on any atom is 0.0804 e. The number of likely N-dealkylation sites (tertiary alicyclic amines) is 1. The lowest BCUT2D eigenvalue weighted by Crippen LogP contribution is -2.28. The molecule has 1 aromatic carbocycles. The summed E-state index contributed by atoms with van der Waals surface area (Å²) in [6.45, 7) is 6.56. The second-order valence-corrected chi connectivity index (χ2v) is 5.19. The van der Waals surface area contributed by atoms with Gasteiger partial charge < -0.3 is 10.0 Å². The molecule has 0 aliphatic carbocycles. The van der Waals surface area contributed by atoms with E-state index in [0.717, 1.165) is 18.5 Å². The third-order valence-electron chi connectivity index (χ3n) is 3.93. The lowest BCUT2D eigenvalue weighted by molar-refractivity contribution is 0.139. The van der Waals surface area contributed by atoms with Gasteiger partial charge in [0.1, 0.15) is 0 Å². The minimum Gasteiger partial charge on any atom is -0.388 e. The zero-order valence-corrected chi connectivity index (χ0v) is 10.9. The van der Waals surface area contributed by atoms with Gasteiger partial charge in [-0.3, -0.25) is 0 Å². The van der Waals surface area contributed by atoms with E-state index in [1.54, 1.807) is 0 Å². The molecule has 1 heterocycles. The molecule has 1 saturated heterocycles. The molecular weight excluding hydrogens is 210 g/mol. The maximum atomic E-state index is 10.2. The van der Waals surface area contributed by atoms with Crippen LogP contribution in [-0.2, 0) is 0 Å². The Hall–Kier alpha value is -0.860. The van der Waals surface area contributed by atoms with Gasteiger partial charge in [-0.05, 0) is 50.8 Å². The van der Waals surface area contributed by atoms with Crippen molar-refractivity contribution in [1.82, 2.24) is 4.90 Å². The zero-order valence-electron chi connectivity index (χ0n) is 10.9. The monoisotopic (exact) mass is 233 g/mol. The van der Waals surface area contributed by atoms with Crippen LogP contribution in [0.15, 0.2) is 24.3 Å². The first-order chi connectivity index (χ1) is 8.18. The van der Waals surface area contributed by atoms with Crippen LogP contribution in [0.1, 0.15) is 43.4 Å². The fourth-order valence-corrected chi connectivity index (χ4v) is 2.73. The van der Waals surface area contributed by atoms with Crippen LogP contribution in [0.25, 0.3) is 0 Å². The highest BCUT2D eigenvalue weighted by Gasteiger charge is 2.21. The van der Waals surface area contributed by atoms with Crippen molar-refractivity contribution in [2.24, 2.45) is 0 Å². The van der Waals surface area contributed by atoms with Gasteiger partial charge in [-0.2, -0.15) is 0 Å². The standard InChI is InChI=1S/C15H23NO/c1-12-6-3-4-8-14(12)15(17)9-11-16-10-5-7-13(16)2/h3-4,6,8,13,15,17H,5,7,9-11H2,1-2H3. The number of aryl methyl sites for hydroxylation is 1. The van der Waals surface area contributed by atoms with Gasteiger partial charge in [-0.25, -0.2) is 0 Å². The van der Waals surface area contributed by atoms with Crippen molar-refractivity contribution < 1.29 is 5.11 Å². The average Bonchev–Trinajstić information content (AvgIpc) is 2.72. The van der Waals surface area contributed by atoms with Crippen molar-refractivity contribution in [2.45, 2.75) is 45.3 Å². The van der Waals surface area contributed by atoms with Crippen LogP contribution in [0.3, 0.4) is 0 Å². The van der Waals surface area contributed by atoms with Crippen molar-refractivity contribution in [3.63, 3.8) is 0 Å². The minimum atomic E-state index is -0.316. The van der Waals surface area contributed by atoms with Crippen LogP contribution >= 0.6 is 0 Å². The normalized spacial score (nSPS) is 22.9. The van der Waals surface area contributed by atoms with Crippen molar-refractivity contribution >= 4 is 0 Å². The van der Waals surface area contributed by atoms with Gasteiger partial charge in [0.15, 0.2) is 0 Å². The van der Waals surface area contributed by atoms with E-state index in [9.17, 15) is 5.11 Å². The molecule has 0 radical (unpaired) electrons. The van der Waals surface area contributed by atoms with Gasteiger partial charge in [-0.15, -0.1) is 0 Å². The number of aliphatic hydroxyl groups is 1. The van der Waals surface area contributed by atoms with Gasteiger partial charge in [0.2, 0.25) is 0 Å². The molecule has 1 aliphatic heterocycles. The summed E-state index contributed by atoms with van der Waals surface area (Å²) in [7, 11) is 0. The van der Waals surface area contributed by atoms with Gasteiger partial charge in [0, 0.05) is 12.6 Å². The van der Waals surface area contributed by atoms with E-state index < -0.39 is 0 Å². The number of rotatable bonds is 4. The third-order valence-corrected chi connectivity index (χ3v) is 3.93. The molecule has 94 valence electrons. The van der Waals surface area contributed by atoms with Gasteiger partial charge in [-0.1, -0.05) is 24.3 Å². The van der Waals surface area contributed by atoms with Crippen molar-refractivity contribution in [3.8, 4) is 0 Å². The van der Waals surface area contributed by atoms with E-state index in [2.05, 4.69) is 24.8 Å². The molecule has 2 atom stereocenters. The fourth-order valence-electron chi connectivity index (χ4n) is 2.73. The Kier molecular flexibility index (Phi) is 4.19. The zero-order chi connectivity index (χ0) is 12.3. The van der Waals surface area contributed by atoms with Gasteiger partial charge >= 0.3 is 0 Å². The van der Waals surface area contributed by atoms with Crippen LogP contribution in [0, 0.1) is 6.92 Å². The molecule has 0 bridgehead atoms. The first kappa shape index (κ1) is 12.6. The van der Waals surface area contributed by atoms with Crippen LogP contribution < -0.4 is 0 Å². The maximum absolute atomic E-state index is 10.2. The molecule has 1 aliphatic rings. The second kappa shape index (κ2) is 5.65. The number of hydrogen-bond donors (Lipinski definition) is 1. The van der Waals surface area contributed by atoms with Crippen molar-refractivity contribution in [2.75, 3.05) is 13.1 Å². The molecule has 2 heteroatoms. The molecule has 1 fully saturated rings. The summed E-state index contributed by atoms with van der Waals surface area (Å²) >= 11 is 0. The summed E-state index contributed by atoms with van der Waals surface area (Å²) in [4.78, 5) is 2.49. The predicted octanol–water partition coefficient (Wildman–Crippen LogP) is 2.90. The summed E-state index contributed by atoms with van der Waals surface area (Å²) in [6, 6.07) is 8.82. The number of benzene rings is 1. The smallest absolute Gasteiger partial charge is 0.0804 e. The van der Waals surface area contributed by atoms with E-state index >= 15 is 0 Å². The first-order valence-electron chi connectivity index (χ1n) is 6.66. The van der Waals surface area contributed by atoms with Crippen molar-refractivity contribution in [3.05, 3.63) is 35.4 Å². The van der Waals surface area contributed by atoms with E-state index in [-0.39, 0.29) is 6.10 Å². The lowest BCUT2D eigenvalue weighted by Gasteiger charge is -2.23. The lowest BCUT2D eigenvalue weighted by atomic mass is 10.0. The van der Waals surface area contributed by atoms with Gasteiger partial charge in [0.05, 0.1) is 6.10 Å². The van der Waals surface area contributed by atoms with E-state index in [1.807, 2.05) is 18.2 Å². The molecule has 0 aromatic heterocycles. The summed E-state index contributed by atoms with van der Waals surface area (Å²) in [5.74, 6) is 0. The average molecular weight is 233 g/mol. The molecule has 2 nitrogen and oxygen atoms in total. The van der Waals surface area contributed by atoms with Crippen LogP contribution in [0.2, 0.25) is 0 Å². The van der Waals surface area contributed by atoms with Crippen LogP contribution in [0.4, 0.5) is 0 Å². The first-order valence-corrected chi connectivity index (χ1v) is 6.66. The second-order valence-electron chi connectivity index (χ2n) is 5.19. The van der Waals surface area contributed by atoms with Crippen LogP contribution in [-0.4, -0.2) is 29.1 Å². The molecule has 17 heavy (non-hydrogen) atoms. The molecule has 2 unspecified atom stereocenters. The Morgan fingerprint density at radius 2 is 2.18 bits per heavy atom. The Balaban J connectivity index is 1.89. The topological polar surface area (TPSA) is 23.5 Å². The summed E-state index contributed by atoms with van der Waals surface area (Å²) in [6.07, 6.45) is 3.14. The number of aliphatic hydroxyl groups excluding tert-OH is 1. The Bertz CT molecular complexity index is 364. The minimum absolute atomic E-state index is 0.316. The molecule has 0 saturated carbocycles. The molecule has 1 N–H and O–H groups in total.